The van der Waals surface area contributed by atoms with Crippen molar-refractivity contribution in [2.45, 2.75) is 18.9 Å². The van der Waals surface area contributed by atoms with Crippen molar-refractivity contribution in [1.82, 2.24) is 15.6 Å². The number of hydrogen-bond acceptors (Lipinski definition) is 3. The second-order valence-electron chi connectivity index (χ2n) is 5.46. The lowest BCUT2D eigenvalue weighted by Crippen LogP contribution is -2.44. The lowest BCUT2D eigenvalue weighted by molar-refractivity contribution is 0.0593. The van der Waals surface area contributed by atoms with E-state index in [1.165, 1.54) is 24.3 Å². The number of halogens is 1. The van der Waals surface area contributed by atoms with Gasteiger partial charge in [-0.15, -0.1) is 0 Å². The molecule has 2 amide bonds. The van der Waals surface area contributed by atoms with Gasteiger partial charge in [0, 0.05) is 24.9 Å². The van der Waals surface area contributed by atoms with Crippen LogP contribution in [0.3, 0.4) is 0 Å². The maximum absolute atomic E-state index is 12.9. The highest BCUT2D eigenvalue weighted by Gasteiger charge is 2.23. The summed E-state index contributed by atoms with van der Waals surface area (Å²) >= 11 is 0. The lowest BCUT2D eigenvalue weighted by Gasteiger charge is -2.24. The molecule has 0 aliphatic carbocycles. The molecule has 3 N–H and O–H groups in total. The molecular formula is C17H20FN3O2. The number of carbonyl (C=O) groups is 1. The molecule has 1 atom stereocenters. The van der Waals surface area contributed by atoms with Gasteiger partial charge in [0.05, 0.1) is 6.54 Å². The van der Waals surface area contributed by atoms with E-state index in [0.29, 0.717) is 18.5 Å². The third-order valence-corrected chi connectivity index (χ3v) is 3.45. The predicted molar refractivity (Wildman–Crippen MR) is 85.3 cm³/mol. The second-order valence-corrected chi connectivity index (χ2v) is 5.46. The number of aromatic nitrogens is 1. The Balaban J connectivity index is 1.76. The predicted octanol–water partition coefficient (Wildman–Crippen LogP) is 1.97. The fourth-order valence-electron chi connectivity index (χ4n) is 2.08. The van der Waals surface area contributed by atoms with E-state index in [-0.39, 0.29) is 18.4 Å². The van der Waals surface area contributed by atoms with Crippen molar-refractivity contribution in [2.24, 2.45) is 0 Å². The average Bonchev–Trinajstić information content (AvgIpc) is 2.54. The zero-order valence-electron chi connectivity index (χ0n) is 12.9. The van der Waals surface area contributed by atoms with E-state index in [9.17, 15) is 14.3 Å². The van der Waals surface area contributed by atoms with Gasteiger partial charge in [-0.3, -0.25) is 4.98 Å². The number of hydrogen-bond donors (Lipinski definition) is 3. The highest BCUT2D eigenvalue weighted by Crippen LogP contribution is 2.19. The van der Waals surface area contributed by atoms with Crippen LogP contribution in [0, 0.1) is 5.82 Å². The van der Waals surface area contributed by atoms with Crippen LogP contribution in [0.4, 0.5) is 9.18 Å². The van der Waals surface area contributed by atoms with Crippen molar-refractivity contribution >= 4 is 6.03 Å². The molecule has 0 spiro atoms. The molecule has 122 valence electrons. The maximum atomic E-state index is 12.9. The Morgan fingerprint density at radius 2 is 1.96 bits per heavy atom. The summed E-state index contributed by atoms with van der Waals surface area (Å²) in [7, 11) is 0. The standard InChI is InChI=1S/C17H20FN3O2/c1-17(23,13-5-7-14(18)8-6-13)12-21-16(22)20-11-9-15-4-2-3-10-19-15/h2-8,10,23H,9,11-12H2,1H3,(H2,20,21,22). The number of carbonyl (C=O) groups excluding carboxylic acids is 1. The molecule has 0 fully saturated rings. The zero-order chi connectivity index (χ0) is 16.7. The molecular weight excluding hydrogens is 297 g/mol. The van der Waals surface area contributed by atoms with E-state index in [1.807, 2.05) is 18.2 Å². The molecule has 5 nitrogen and oxygen atoms in total. The Bertz CT molecular complexity index is 630. The number of nitrogens with zero attached hydrogens (tertiary/aromatic N) is 1. The van der Waals surface area contributed by atoms with Crippen LogP contribution in [0.25, 0.3) is 0 Å². The minimum atomic E-state index is -1.27. The van der Waals surface area contributed by atoms with E-state index in [0.717, 1.165) is 5.69 Å². The van der Waals surface area contributed by atoms with Crippen molar-refractivity contribution in [3.8, 4) is 0 Å². The number of nitrogens with one attached hydrogen (secondary N) is 2. The van der Waals surface area contributed by atoms with Gasteiger partial charge in [-0.05, 0) is 36.8 Å². The average molecular weight is 317 g/mol. The van der Waals surface area contributed by atoms with Gasteiger partial charge in [-0.25, -0.2) is 9.18 Å². The molecule has 0 radical (unpaired) electrons. The minimum Gasteiger partial charge on any atom is -0.384 e. The van der Waals surface area contributed by atoms with Gasteiger partial charge in [0.15, 0.2) is 0 Å². The Hall–Kier alpha value is -2.47. The molecule has 2 rings (SSSR count). The fourth-order valence-corrected chi connectivity index (χ4v) is 2.08. The molecule has 1 aromatic carbocycles. The SMILES string of the molecule is CC(O)(CNC(=O)NCCc1ccccn1)c1ccc(F)cc1. The monoisotopic (exact) mass is 317 g/mol. The number of aliphatic hydroxyl groups is 1. The Morgan fingerprint density at radius 3 is 2.61 bits per heavy atom. The highest BCUT2D eigenvalue weighted by atomic mass is 19.1. The molecule has 0 bridgehead atoms. The van der Waals surface area contributed by atoms with Crippen LogP contribution in [-0.2, 0) is 12.0 Å². The van der Waals surface area contributed by atoms with Crippen molar-refractivity contribution in [1.29, 1.82) is 0 Å². The zero-order valence-corrected chi connectivity index (χ0v) is 12.9. The van der Waals surface area contributed by atoms with Gasteiger partial charge in [-0.1, -0.05) is 18.2 Å². The summed E-state index contributed by atoms with van der Waals surface area (Å²) < 4.78 is 12.9. The summed E-state index contributed by atoms with van der Waals surface area (Å²) in [5.74, 6) is -0.371. The molecule has 1 aromatic heterocycles. The number of urea groups is 1. The smallest absolute Gasteiger partial charge is 0.314 e. The summed E-state index contributed by atoms with van der Waals surface area (Å²) in [6.07, 6.45) is 2.33. The van der Waals surface area contributed by atoms with Crippen LogP contribution in [0.2, 0.25) is 0 Å². The summed E-state index contributed by atoms with van der Waals surface area (Å²) in [6, 6.07) is 10.8. The first-order valence-electron chi connectivity index (χ1n) is 7.37. The van der Waals surface area contributed by atoms with E-state index >= 15 is 0 Å². The van der Waals surface area contributed by atoms with Gasteiger partial charge >= 0.3 is 6.03 Å². The van der Waals surface area contributed by atoms with Crippen LogP contribution in [0.5, 0.6) is 0 Å². The molecule has 6 heteroatoms. The Labute approximate surface area is 134 Å². The van der Waals surface area contributed by atoms with Crippen molar-refractivity contribution in [3.63, 3.8) is 0 Å². The van der Waals surface area contributed by atoms with Gasteiger partial charge in [0.25, 0.3) is 0 Å². The molecule has 0 saturated carbocycles. The van der Waals surface area contributed by atoms with Gasteiger partial charge in [-0.2, -0.15) is 0 Å². The fraction of sp³-hybridized carbons (Fsp3) is 0.294. The lowest BCUT2D eigenvalue weighted by atomic mass is 9.96. The van der Waals surface area contributed by atoms with Crippen molar-refractivity contribution in [2.75, 3.05) is 13.1 Å². The normalized spacial score (nSPS) is 13.2. The number of benzene rings is 1. The van der Waals surface area contributed by atoms with Crippen molar-refractivity contribution < 1.29 is 14.3 Å². The van der Waals surface area contributed by atoms with E-state index in [2.05, 4.69) is 15.6 Å². The summed E-state index contributed by atoms with van der Waals surface area (Å²) in [4.78, 5) is 15.9. The maximum Gasteiger partial charge on any atom is 0.314 e. The van der Waals surface area contributed by atoms with Crippen LogP contribution >= 0.6 is 0 Å². The topological polar surface area (TPSA) is 74.2 Å². The summed E-state index contributed by atoms with van der Waals surface area (Å²) in [6.45, 7) is 2.03. The Kier molecular flexibility index (Phi) is 5.65. The molecule has 1 unspecified atom stereocenters. The van der Waals surface area contributed by atoms with E-state index < -0.39 is 5.60 Å². The van der Waals surface area contributed by atoms with Gasteiger partial charge in [0.2, 0.25) is 0 Å². The minimum absolute atomic E-state index is 0.0219. The van der Waals surface area contributed by atoms with Crippen molar-refractivity contribution in [3.05, 3.63) is 65.7 Å². The molecule has 23 heavy (non-hydrogen) atoms. The Morgan fingerprint density at radius 1 is 1.22 bits per heavy atom. The quantitative estimate of drug-likeness (QED) is 0.762. The molecule has 1 heterocycles. The van der Waals surface area contributed by atoms with E-state index in [4.69, 9.17) is 0 Å². The number of pyridine rings is 1. The highest BCUT2D eigenvalue weighted by molar-refractivity contribution is 5.73. The largest absolute Gasteiger partial charge is 0.384 e. The molecule has 2 aromatic rings. The molecule has 0 aliphatic heterocycles. The van der Waals surface area contributed by atoms with Crippen LogP contribution in [0.15, 0.2) is 48.7 Å². The first-order valence-corrected chi connectivity index (χ1v) is 7.37. The van der Waals surface area contributed by atoms with Crippen LogP contribution in [0.1, 0.15) is 18.2 Å². The first-order chi connectivity index (χ1) is 11.0. The van der Waals surface area contributed by atoms with Gasteiger partial charge in [0.1, 0.15) is 11.4 Å². The van der Waals surface area contributed by atoms with Gasteiger partial charge < -0.3 is 15.7 Å². The van der Waals surface area contributed by atoms with Crippen LogP contribution in [-0.4, -0.2) is 29.2 Å². The van der Waals surface area contributed by atoms with E-state index in [1.54, 1.807) is 13.1 Å². The third kappa shape index (κ3) is 5.34. The second kappa shape index (κ2) is 7.69. The summed E-state index contributed by atoms with van der Waals surface area (Å²) in [5, 5.41) is 15.7. The summed E-state index contributed by atoms with van der Waals surface area (Å²) in [5.41, 5.74) is 0.158. The first kappa shape index (κ1) is 16.9. The van der Waals surface area contributed by atoms with Crippen LogP contribution < -0.4 is 10.6 Å². The molecule has 0 aliphatic rings. The third-order valence-electron chi connectivity index (χ3n) is 3.45. The number of amides is 2. The number of rotatable bonds is 6. The molecule has 0 saturated heterocycles.